The summed E-state index contributed by atoms with van der Waals surface area (Å²) < 4.78 is 13.4. The van der Waals surface area contributed by atoms with Crippen LogP contribution in [0.5, 0.6) is 0 Å². The van der Waals surface area contributed by atoms with Crippen molar-refractivity contribution in [2.24, 2.45) is 5.92 Å². The molecule has 1 aromatic rings. The number of hydrogen-bond acceptors (Lipinski definition) is 2. The molecule has 0 saturated carbocycles. The number of halogens is 1. The fraction of sp³-hybridized carbons (Fsp3) is 0.417. The zero-order chi connectivity index (χ0) is 11.0. The second-order valence-corrected chi connectivity index (χ2v) is 4.01. The molecular formula is C12H13FO2. The van der Waals surface area contributed by atoms with E-state index >= 15 is 0 Å². The summed E-state index contributed by atoms with van der Waals surface area (Å²) in [6.07, 6.45) is 0.218. The third kappa shape index (κ3) is 1.67. The molecule has 2 rings (SSSR count). The van der Waals surface area contributed by atoms with Crippen molar-refractivity contribution in [3.63, 3.8) is 0 Å². The van der Waals surface area contributed by atoms with Crippen molar-refractivity contribution >= 4 is 5.78 Å². The van der Waals surface area contributed by atoms with E-state index in [2.05, 4.69) is 0 Å². The number of carbonyl (C=O) groups excluding carboxylic acids is 1. The molecule has 0 unspecified atom stereocenters. The second kappa shape index (κ2) is 3.74. The number of benzene rings is 1. The lowest BCUT2D eigenvalue weighted by atomic mass is 9.79. The largest absolute Gasteiger partial charge is 0.388 e. The molecule has 0 aromatic heterocycles. The zero-order valence-corrected chi connectivity index (χ0v) is 8.53. The highest BCUT2D eigenvalue weighted by Crippen LogP contribution is 2.35. The lowest BCUT2D eigenvalue weighted by Gasteiger charge is -2.28. The van der Waals surface area contributed by atoms with Crippen molar-refractivity contribution in [1.82, 2.24) is 0 Å². The summed E-state index contributed by atoms with van der Waals surface area (Å²) in [4.78, 5) is 11.3. The van der Waals surface area contributed by atoms with E-state index in [1.54, 1.807) is 12.1 Å². The molecular weight excluding hydrogens is 195 g/mol. The maximum absolute atomic E-state index is 13.4. The minimum Gasteiger partial charge on any atom is -0.388 e. The average Bonchev–Trinajstić information content (AvgIpc) is 2.19. The van der Waals surface area contributed by atoms with Crippen LogP contribution in [0.4, 0.5) is 4.39 Å². The molecule has 0 aliphatic heterocycles. The van der Waals surface area contributed by atoms with Gasteiger partial charge in [-0.3, -0.25) is 4.79 Å². The molecule has 1 aromatic carbocycles. The van der Waals surface area contributed by atoms with Crippen LogP contribution in [0.25, 0.3) is 0 Å². The van der Waals surface area contributed by atoms with Crippen molar-refractivity contribution in [2.45, 2.75) is 25.9 Å². The Bertz CT molecular complexity index is 401. The average molecular weight is 208 g/mol. The number of hydrogen-bond donors (Lipinski definition) is 1. The molecule has 0 radical (unpaired) electrons. The molecule has 0 amide bonds. The Hall–Kier alpha value is -1.22. The van der Waals surface area contributed by atoms with Gasteiger partial charge in [0.2, 0.25) is 0 Å². The van der Waals surface area contributed by atoms with Gasteiger partial charge in [-0.1, -0.05) is 12.1 Å². The quantitative estimate of drug-likeness (QED) is 0.766. The summed E-state index contributed by atoms with van der Waals surface area (Å²) in [5.74, 6) is -0.690. The lowest BCUT2D eigenvalue weighted by Crippen LogP contribution is -2.26. The molecule has 1 N–H and O–H groups in total. The van der Waals surface area contributed by atoms with Gasteiger partial charge in [0, 0.05) is 5.92 Å². The maximum Gasteiger partial charge on any atom is 0.135 e. The molecule has 0 heterocycles. The standard InChI is InChI=1S/C12H13FO2/c1-7(14)8-5-6-9-10(12(8)15)3-2-4-11(9)13/h2-4,8,12,15H,5-6H2,1H3/t8-,12+/m0/s1. The molecule has 1 aliphatic carbocycles. The summed E-state index contributed by atoms with van der Waals surface area (Å²) in [6, 6.07) is 4.65. The third-order valence-electron chi connectivity index (χ3n) is 3.08. The number of carbonyl (C=O) groups is 1. The smallest absolute Gasteiger partial charge is 0.135 e. The van der Waals surface area contributed by atoms with Gasteiger partial charge in [0.1, 0.15) is 11.6 Å². The normalized spacial score (nSPS) is 24.7. The topological polar surface area (TPSA) is 37.3 Å². The maximum atomic E-state index is 13.4. The summed E-state index contributed by atoms with van der Waals surface area (Å²) in [5.41, 5.74) is 1.13. The van der Waals surface area contributed by atoms with E-state index in [0.29, 0.717) is 24.0 Å². The summed E-state index contributed by atoms with van der Waals surface area (Å²) in [6.45, 7) is 1.47. The van der Waals surface area contributed by atoms with Crippen molar-refractivity contribution in [3.05, 3.63) is 35.1 Å². The molecule has 2 atom stereocenters. The number of aliphatic hydroxyl groups is 1. The van der Waals surface area contributed by atoms with Crippen molar-refractivity contribution in [1.29, 1.82) is 0 Å². The first kappa shape index (κ1) is 10.3. The zero-order valence-electron chi connectivity index (χ0n) is 8.53. The molecule has 3 heteroatoms. The third-order valence-corrected chi connectivity index (χ3v) is 3.08. The molecule has 1 aliphatic rings. The Morgan fingerprint density at radius 3 is 2.93 bits per heavy atom. The van der Waals surface area contributed by atoms with Gasteiger partial charge in [-0.25, -0.2) is 4.39 Å². The van der Waals surface area contributed by atoms with Crippen LogP contribution in [0.1, 0.15) is 30.6 Å². The minimum absolute atomic E-state index is 0.0302. The van der Waals surface area contributed by atoms with Crippen LogP contribution in [-0.4, -0.2) is 10.9 Å². The number of Topliss-reactive ketones (excluding diaryl/α,β-unsaturated/α-hetero) is 1. The van der Waals surface area contributed by atoms with Gasteiger partial charge in [0.05, 0.1) is 6.10 Å². The minimum atomic E-state index is -0.845. The fourth-order valence-electron chi connectivity index (χ4n) is 2.22. The van der Waals surface area contributed by atoms with Crippen molar-refractivity contribution < 1.29 is 14.3 Å². The SMILES string of the molecule is CC(=O)[C@@H]1CCc2c(F)cccc2[C@@H]1O. The van der Waals surface area contributed by atoms with E-state index in [4.69, 9.17) is 0 Å². The molecule has 15 heavy (non-hydrogen) atoms. The van der Waals surface area contributed by atoms with Crippen molar-refractivity contribution in [2.75, 3.05) is 0 Å². The monoisotopic (exact) mass is 208 g/mol. The van der Waals surface area contributed by atoms with Crippen LogP contribution < -0.4 is 0 Å². The van der Waals surface area contributed by atoms with Crippen LogP contribution in [0, 0.1) is 11.7 Å². The molecule has 0 bridgehead atoms. The number of ketones is 1. The number of fused-ring (bicyclic) bond motifs is 1. The highest BCUT2D eigenvalue weighted by atomic mass is 19.1. The van der Waals surface area contributed by atoms with Gasteiger partial charge < -0.3 is 5.11 Å². The van der Waals surface area contributed by atoms with Gasteiger partial charge in [0.15, 0.2) is 0 Å². The van der Waals surface area contributed by atoms with Crippen LogP contribution >= 0.6 is 0 Å². The fourth-order valence-corrected chi connectivity index (χ4v) is 2.22. The van der Waals surface area contributed by atoms with Crippen molar-refractivity contribution in [3.8, 4) is 0 Å². The van der Waals surface area contributed by atoms with E-state index < -0.39 is 6.10 Å². The predicted molar refractivity (Wildman–Crippen MR) is 53.9 cm³/mol. The van der Waals surface area contributed by atoms with Gasteiger partial charge in [-0.05, 0) is 37.0 Å². The lowest BCUT2D eigenvalue weighted by molar-refractivity contribution is -0.125. The molecule has 2 nitrogen and oxygen atoms in total. The van der Waals surface area contributed by atoms with Gasteiger partial charge in [0.25, 0.3) is 0 Å². The Kier molecular flexibility index (Phi) is 2.57. The van der Waals surface area contributed by atoms with Crippen LogP contribution in [0.2, 0.25) is 0 Å². The highest BCUT2D eigenvalue weighted by molar-refractivity contribution is 5.79. The Morgan fingerprint density at radius 1 is 1.53 bits per heavy atom. The highest BCUT2D eigenvalue weighted by Gasteiger charge is 2.31. The Morgan fingerprint density at radius 2 is 2.27 bits per heavy atom. The first-order valence-corrected chi connectivity index (χ1v) is 5.07. The van der Waals surface area contributed by atoms with Gasteiger partial charge in [-0.15, -0.1) is 0 Å². The molecule has 0 spiro atoms. The summed E-state index contributed by atoms with van der Waals surface area (Å²) in [5, 5.41) is 9.93. The van der Waals surface area contributed by atoms with E-state index in [0.717, 1.165) is 0 Å². The molecule has 0 saturated heterocycles. The number of aliphatic hydroxyl groups excluding tert-OH is 1. The number of rotatable bonds is 1. The second-order valence-electron chi connectivity index (χ2n) is 4.01. The van der Waals surface area contributed by atoms with Crippen LogP contribution in [0.15, 0.2) is 18.2 Å². The predicted octanol–water partition coefficient (Wildman–Crippen LogP) is 2.01. The Balaban J connectivity index is 2.42. The summed E-state index contributed by atoms with van der Waals surface area (Å²) >= 11 is 0. The van der Waals surface area contributed by atoms with Gasteiger partial charge >= 0.3 is 0 Å². The van der Waals surface area contributed by atoms with E-state index in [-0.39, 0.29) is 17.5 Å². The first-order valence-electron chi connectivity index (χ1n) is 5.07. The first-order chi connectivity index (χ1) is 7.11. The van der Waals surface area contributed by atoms with Crippen LogP contribution in [-0.2, 0) is 11.2 Å². The summed E-state index contributed by atoms with van der Waals surface area (Å²) in [7, 11) is 0. The van der Waals surface area contributed by atoms with Gasteiger partial charge in [-0.2, -0.15) is 0 Å². The molecule has 80 valence electrons. The molecule has 0 fully saturated rings. The van der Waals surface area contributed by atoms with E-state index in [9.17, 15) is 14.3 Å². The van der Waals surface area contributed by atoms with Crippen LogP contribution in [0.3, 0.4) is 0 Å². The van der Waals surface area contributed by atoms with E-state index in [1.807, 2.05) is 0 Å². The van der Waals surface area contributed by atoms with E-state index in [1.165, 1.54) is 13.0 Å². The Labute approximate surface area is 87.7 Å².